The number of fused-ring (bicyclic) bond motifs is 1. The first kappa shape index (κ1) is 15.2. The predicted molar refractivity (Wildman–Crippen MR) is 88.4 cm³/mol. The van der Waals surface area contributed by atoms with Crippen LogP contribution in [0.5, 0.6) is 11.5 Å². The average Bonchev–Trinajstić information content (AvgIpc) is 3.10. The Morgan fingerprint density at radius 1 is 1.04 bits per heavy atom. The molecule has 0 spiro atoms. The molecule has 0 saturated heterocycles. The van der Waals surface area contributed by atoms with E-state index >= 15 is 0 Å². The van der Waals surface area contributed by atoms with Crippen LogP contribution in [0.3, 0.4) is 0 Å². The number of anilines is 1. The van der Waals surface area contributed by atoms with Crippen molar-refractivity contribution in [1.29, 1.82) is 0 Å². The lowest BCUT2D eigenvalue weighted by Crippen LogP contribution is -2.21. The molecular formula is C18H15N3O4. The number of benzene rings is 2. The Bertz CT molecular complexity index is 879. The maximum Gasteiger partial charge on any atom is 0.322 e. The van der Waals surface area contributed by atoms with Crippen molar-refractivity contribution in [2.24, 2.45) is 0 Å². The molecule has 1 aliphatic rings. The summed E-state index contributed by atoms with van der Waals surface area (Å²) in [5.74, 6) is 1.32. The quantitative estimate of drug-likeness (QED) is 0.788. The van der Waals surface area contributed by atoms with Gasteiger partial charge in [-0.1, -0.05) is 47.6 Å². The molecule has 7 nitrogen and oxygen atoms in total. The number of amides is 1. The molecule has 0 bridgehead atoms. The molecule has 1 aliphatic heterocycles. The fraction of sp³-hybridized carbons (Fsp3) is 0.167. The fourth-order valence-electron chi connectivity index (χ4n) is 2.50. The van der Waals surface area contributed by atoms with Gasteiger partial charge in [0.2, 0.25) is 12.0 Å². The standard InChI is InChI=1S/C18H15N3O4/c22-16(10-12-6-2-1-3-7-12)19-18-21-20-17(25-18)15-11-23-13-8-4-5-9-14(13)24-15/h1-9,15H,10-11H2,(H,19,21,22). The molecule has 3 aromatic rings. The molecule has 126 valence electrons. The van der Waals surface area contributed by atoms with Crippen molar-refractivity contribution in [3.63, 3.8) is 0 Å². The van der Waals surface area contributed by atoms with Crippen molar-refractivity contribution in [2.75, 3.05) is 11.9 Å². The van der Waals surface area contributed by atoms with Gasteiger partial charge in [0.05, 0.1) is 6.42 Å². The fourth-order valence-corrected chi connectivity index (χ4v) is 2.50. The Balaban J connectivity index is 1.40. The lowest BCUT2D eigenvalue weighted by Gasteiger charge is -2.23. The molecule has 25 heavy (non-hydrogen) atoms. The molecular weight excluding hydrogens is 322 g/mol. The molecule has 7 heteroatoms. The molecule has 0 saturated carbocycles. The van der Waals surface area contributed by atoms with Gasteiger partial charge in [-0.2, -0.15) is 0 Å². The zero-order chi connectivity index (χ0) is 17.1. The molecule has 0 radical (unpaired) electrons. The number of nitrogens with zero attached hydrogens (tertiary/aromatic N) is 2. The largest absolute Gasteiger partial charge is 0.485 e. The van der Waals surface area contributed by atoms with E-state index in [1.807, 2.05) is 48.5 Å². The second-order valence-corrected chi connectivity index (χ2v) is 5.52. The van der Waals surface area contributed by atoms with Gasteiger partial charge in [0, 0.05) is 0 Å². The van der Waals surface area contributed by atoms with Gasteiger partial charge in [-0.25, -0.2) is 0 Å². The highest BCUT2D eigenvalue weighted by atomic mass is 16.6. The Kier molecular flexibility index (Phi) is 4.04. The number of ether oxygens (including phenoxy) is 2. The first-order chi connectivity index (χ1) is 12.3. The summed E-state index contributed by atoms with van der Waals surface area (Å²) in [6, 6.07) is 16.8. The maximum absolute atomic E-state index is 12.0. The third-order valence-electron chi connectivity index (χ3n) is 3.68. The Labute approximate surface area is 143 Å². The number of carbonyl (C=O) groups is 1. The molecule has 0 aliphatic carbocycles. The molecule has 1 amide bonds. The molecule has 1 aromatic heterocycles. The lowest BCUT2D eigenvalue weighted by atomic mass is 10.1. The summed E-state index contributed by atoms with van der Waals surface area (Å²) in [7, 11) is 0. The summed E-state index contributed by atoms with van der Waals surface area (Å²) < 4.78 is 16.9. The Hall–Kier alpha value is -3.35. The first-order valence-corrected chi connectivity index (χ1v) is 7.83. The van der Waals surface area contributed by atoms with Crippen LogP contribution in [0.25, 0.3) is 0 Å². The van der Waals surface area contributed by atoms with Gasteiger partial charge in [0.25, 0.3) is 5.89 Å². The van der Waals surface area contributed by atoms with Crippen LogP contribution in [0.2, 0.25) is 0 Å². The van der Waals surface area contributed by atoms with Crippen molar-refractivity contribution in [3.05, 3.63) is 66.1 Å². The third-order valence-corrected chi connectivity index (χ3v) is 3.68. The minimum absolute atomic E-state index is 0.0402. The van der Waals surface area contributed by atoms with Crippen LogP contribution in [0.4, 0.5) is 6.01 Å². The Morgan fingerprint density at radius 3 is 2.64 bits per heavy atom. The first-order valence-electron chi connectivity index (χ1n) is 7.83. The van der Waals surface area contributed by atoms with Crippen LogP contribution in [0, 0.1) is 0 Å². The van der Waals surface area contributed by atoms with E-state index in [-0.39, 0.29) is 30.8 Å². The van der Waals surface area contributed by atoms with E-state index in [2.05, 4.69) is 15.5 Å². The normalized spacial score (nSPS) is 15.6. The minimum Gasteiger partial charge on any atom is -0.485 e. The van der Waals surface area contributed by atoms with E-state index in [9.17, 15) is 4.79 Å². The number of para-hydroxylation sites is 2. The van der Waals surface area contributed by atoms with Crippen LogP contribution in [0.1, 0.15) is 17.6 Å². The number of hydrogen-bond donors (Lipinski definition) is 1. The molecule has 2 aromatic carbocycles. The number of rotatable bonds is 4. The number of nitrogens with one attached hydrogen (secondary N) is 1. The topological polar surface area (TPSA) is 86.5 Å². The highest BCUT2D eigenvalue weighted by molar-refractivity contribution is 5.90. The Morgan fingerprint density at radius 2 is 1.80 bits per heavy atom. The second-order valence-electron chi connectivity index (χ2n) is 5.52. The van der Waals surface area contributed by atoms with E-state index in [1.54, 1.807) is 6.07 Å². The number of carbonyl (C=O) groups excluding carboxylic acids is 1. The maximum atomic E-state index is 12.0. The zero-order valence-electron chi connectivity index (χ0n) is 13.2. The van der Waals surface area contributed by atoms with E-state index in [0.717, 1.165) is 5.56 Å². The monoisotopic (exact) mass is 337 g/mol. The van der Waals surface area contributed by atoms with Crippen LogP contribution in [-0.2, 0) is 11.2 Å². The van der Waals surface area contributed by atoms with Gasteiger partial charge in [0.15, 0.2) is 11.5 Å². The van der Waals surface area contributed by atoms with E-state index in [0.29, 0.717) is 11.5 Å². The molecule has 1 N–H and O–H groups in total. The minimum atomic E-state index is -0.512. The molecule has 2 heterocycles. The molecule has 1 unspecified atom stereocenters. The summed E-state index contributed by atoms with van der Waals surface area (Å²) in [4.78, 5) is 12.0. The average molecular weight is 337 g/mol. The van der Waals surface area contributed by atoms with Gasteiger partial charge in [0.1, 0.15) is 6.61 Å². The van der Waals surface area contributed by atoms with Gasteiger partial charge in [-0.05, 0) is 17.7 Å². The van der Waals surface area contributed by atoms with Gasteiger partial charge in [-0.3, -0.25) is 10.1 Å². The van der Waals surface area contributed by atoms with Crippen LogP contribution >= 0.6 is 0 Å². The second kappa shape index (κ2) is 6.64. The molecule has 1 atom stereocenters. The van der Waals surface area contributed by atoms with Gasteiger partial charge < -0.3 is 13.9 Å². The summed E-state index contributed by atoms with van der Waals surface area (Å²) in [5, 5.41) is 10.4. The van der Waals surface area contributed by atoms with Crippen molar-refractivity contribution < 1.29 is 18.7 Å². The predicted octanol–water partition coefficient (Wildman–Crippen LogP) is 2.76. The van der Waals surface area contributed by atoms with Crippen LogP contribution in [-0.4, -0.2) is 22.7 Å². The van der Waals surface area contributed by atoms with Crippen molar-refractivity contribution in [3.8, 4) is 11.5 Å². The van der Waals surface area contributed by atoms with Crippen LogP contribution < -0.4 is 14.8 Å². The third kappa shape index (κ3) is 3.45. The smallest absolute Gasteiger partial charge is 0.322 e. The lowest BCUT2D eigenvalue weighted by molar-refractivity contribution is -0.115. The van der Waals surface area contributed by atoms with E-state index in [1.165, 1.54) is 0 Å². The molecule has 4 rings (SSSR count). The summed E-state index contributed by atoms with van der Waals surface area (Å²) in [6.45, 7) is 0.261. The SMILES string of the molecule is O=C(Cc1ccccc1)Nc1nnc(C2COc3ccccc3O2)o1. The van der Waals surface area contributed by atoms with Crippen molar-refractivity contribution in [1.82, 2.24) is 10.2 Å². The summed E-state index contributed by atoms with van der Waals surface area (Å²) >= 11 is 0. The van der Waals surface area contributed by atoms with Crippen molar-refractivity contribution >= 4 is 11.9 Å². The summed E-state index contributed by atoms with van der Waals surface area (Å²) in [6.07, 6.45) is -0.281. The van der Waals surface area contributed by atoms with E-state index in [4.69, 9.17) is 13.9 Å². The van der Waals surface area contributed by atoms with Crippen LogP contribution in [0.15, 0.2) is 59.0 Å². The number of hydrogen-bond acceptors (Lipinski definition) is 6. The highest BCUT2D eigenvalue weighted by Crippen LogP contribution is 2.35. The van der Waals surface area contributed by atoms with Gasteiger partial charge >= 0.3 is 6.01 Å². The van der Waals surface area contributed by atoms with E-state index < -0.39 is 6.10 Å². The van der Waals surface area contributed by atoms with Gasteiger partial charge in [-0.15, -0.1) is 5.10 Å². The van der Waals surface area contributed by atoms with Crippen molar-refractivity contribution in [2.45, 2.75) is 12.5 Å². The molecule has 0 fully saturated rings. The summed E-state index contributed by atoms with van der Waals surface area (Å²) in [5.41, 5.74) is 0.903. The number of aromatic nitrogens is 2. The highest BCUT2D eigenvalue weighted by Gasteiger charge is 2.27. The zero-order valence-corrected chi connectivity index (χ0v) is 13.2.